The minimum absolute atomic E-state index is 0.0477. The van der Waals surface area contributed by atoms with Gasteiger partial charge in [-0.1, -0.05) is 18.2 Å². The first kappa shape index (κ1) is 16.2. The topological polar surface area (TPSA) is 73.2 Å². The van der Waals surface area contributed by atoms with E-state index in [4.69, 9.17) is 4.74 Å². The first-order chi connectivity index (χ1) is 11.7. The van der Waals surface area contributed by atoms with E-state index in [0.717, 1.165) is 25.0 Å². The van der Waals surface area contributed by atoms with E-state index in [-0.39, 0.29) is 29.3 Å². The van der Waals surface area contributed by atoms with Crippen LogP contribution in [-0.2, 0) is 6.54 Å². The van der Waals surface area contributed by atoms with Crippen LogP contribution < -0.4 is 15.6 Å². The van der Waals surface area contributed by atoms with Gasteiger partial charge in [-0.2, -0.15) is 5.10 Å². The molecular weight excluding hydrogens is 306 g/mol. The van der Waals surface area contributed by atoms with Gasteiger partial charge in [0.05, 0.1) is 6.04 Å². The Kier molecular flexibility index (Phi) is 4.93. The molecule has 1 saturated carbocycles. The van der Waals surface area contributed by atoms with E-state index in [1.54, 1.807) is 0 Å². The fourth-order valence-corrected chi connectivity index (χ4v) is 2.94. The van der Waals surface area contributed by atoms with Crippen molar-refractivity contribution in [3.05, 3.63) is 58.5 Å². The monoisotopic (exact) mass is 327 g/mol. The van der Waals surface area contributed by atoms with Crippen molar-refractivity contribution in [1.29, 1.82) is 0 Å². The van der Waals surface area contributed by atoms with Crippen LogP contribution in [0.3, 0.4) is 0 Å². The highest BCUT2D eigenvalue weighted by Gasteiger charge is 2.31. The average Bonchev–Trinajstić information content (AvgIpc) is 3.03. The number of benzene rings is 1. The Labute approximate surface area is 140 Å². The predicted molar refractivity (Wildman–Crippen MR) is 90.1 cm³/mol. The molecule has 1 heterocycles. The van der Waals surface area contributed by atoms with E-state index in [1.165, 1.54) is 16.8 Å². The van der Waals surface area contributed by atoms with Crippen molar-refractivity contribution in [2.24, 2.45) is 0 Å². The van der Waals surface area contributed by atoms with Gasteiger partial charge in [-0.15, -0.1) is 0 Å². The second-order valence-electron chi connectivity index (χ2n) is 5.85. The van der Waals surface area contributed by atoms with E-state index in [2.05, 4.69) is 10.4 Å². The minimum atomic E-state index is -0.272. The van der Waals surface area contributed by atoms with Crippen LogP contribution in [0.4, 0.5) is 0 Å². The summed E-state index contributed by atoms with van der Waals surface area (Å²) in [7, 11) is 0. The fourth-order valence-electron chi connectivity index (χ4n) is 2.94. The van der Waals surface area contributed by atoms with Crippen LogP contribution in [0.5, 0.6) is 5.75 Å². The standard InChI is InChI=1S/C18H21N3O3/c1-2-21-17(22)12-11-15(20-21)18(23)19-14-9-6-10-16(14)24-13-7-4-3-5-8-13/h3-5,7-8,11-12,14,16H,2,6,9-10H2,1H3,(H,19,23). The van der Waals surface area contributed by atoms with Gasteiger partial charge in [0.15, 0.2) is 0 Å². The lowest BCUT2D eigenvalue weighted by molar-refractivity contribution is 0.0886. The van der Waals surface area contributed by atoms with Gasteiger partial charge in [-0.05, 0) is 44.4 Å². The molecule has 1 aromatic heterocycles. The highest BCUT2D eigenvalue weighted by Crippen LogP contribution is 2.24. The Morgan fingerprint density at radius 2 is 2.04 bits per heavy atom. The summed E-state index contributed by atoms with van der Waals surface area (Å²) in [6.07, 6.45) is 2.73. The Balaban J connectivity index is 1.68. The molecule has 1 fully saturated rings. The molecule has 24 heavy (non-hydrogen) atoms. The SMILES string of the molecule is CCn1nc(C(=O)NC2CCCC2Oc2ccccc2)ccc1=O. The number of hydrogen-bond acceptors (Lipinski definition) is 4. The number of para-hydroxylation sites is 1. The van der Waals surface area contributed by atoms with Crippen LogP contribution in [0.25, 0.3) is 0 Å². The summed E-state index contributed by atoms with van der Waals surface area (Å²) in [6.45, 7) is 2.25. The molecule has 6 heteroatoms. The Hall–Kier alpha value is -2.63. The Morgan fingerprint density at radius 1 is 1.25 bits per heavy atom. The lowest BCUT2D eigenvalue weighted by Gasteiger charge is -2.22. The zero-order valence-corrected chi connectivity index (χ0v) is 13.6. The van der Waals surface area contributed by atoms with E-state index in [1.807, 2.05) is 37.3 Å². The lowest BCUT2D eigenvalue weighted by Crippen LogP contribution is -2.43. The fraction of sp³-hybridized carbons (Fsp3) is 0.389. The first-order valence-corrected chi connectivity index (χ1v) is 8.28. The summed E-state index contributed by atoms with van der Waals surface area (Å²) in [4.78, 5) is 24.0. The van der Waals surface area contributed by atoms with Gasteiger partial charge in [0.1, 0.15) is 17.5 Å². The van der Waals surface area contributed by atoms with Crippen molar-refractivity contribution in [2.45, 2.75) is 44.9 Å². The quantitative estimate of drug-likeness (QED) is 0.911. The number of ether oxygens (including phenoxy) is 1. The molecule has 1 N–H and O–H groups in total. The first-order valence-electron chi connectivity index (χ1n) is 8.28. The molecular formula is C18H21N3O3. The second-order valence-corrected chi connectivity index (χ2v) is 5.85. The summed E-state index contributed by atoms with van der Waals surface area (Å²) < 4.78 is 7.28. The van der Waals surface area contributed by atoms with Gasteiger partial charge in [0, 0.05) is 12.6 Å². The van der Waals surface area contributed by atoms with Gasteiger partial charge >= 0.3 is 0 Å². The maximum absolute atomic E-state index is 12.4. The van der Waals surface area contributed by atoms with Crippen molar-refractivity contribution in [3.63, 3.8) is 0 Å². The third kappa shape index (κ3) is 3.64. The molecule has 3 rings (SSSR count). The van der Waals surface area contributed by atoms with E-state index >= 15 is 0 Å². The highest BCUT2D eigenvalue weighted by molar-refractivity contribution is 5.92. The van der Waals surface area contributed by atoms with Crippen LogP contribution in [0.2, 0.25) is 0 Å². The Bertz CT molecular complexity index is 758. The van der Waals surface area contributed by atoms with E-state index < -0.39 is 0 Å². The van der Waals surface area contributed by atoms with Gasteiger partial charge in [-0.3, -0.25) is 9.59 Å². The van der Waals surface area contributed by atoms with Crippen molar-refractivity contribution >= 4 is 5.91 Å². The zero-order valence-electron chi connectivity index (χ0n) is 13.6. The molecule has 2 atom stereocenters. The zero-order chi connectivity index (χ0) is 16.9. The summed E-state index contributed by atoms with van der Waals surface area (Å²) in [6, 6.07) is 12.4. The maximum Gasteiger partial charge on any atom is 0.272 e. The summed E-state index contributed by atoms with van der Waals surface area (Å²) in [5, 5.41) is 7.09. The third-order valence-corrected chi connectivity index (χ3v) is 4.20. The smallest absolute Gasteiger partial charge is 0.272 e. The molecule has 126 valence electrons. The summed E-state index contributed by atoms with van der Waals surface area (Å²) in [5.41, 5.74) is 0.0435. The molecule has 1 aliphatic carbocycles. The molecule has 0 bridgehead atoms. The average molecular weight is 327 g/mol. The molecule has 1 aliphatic rings. The molecule has 1 aromatic carbocycles. The van der Waals surface area contributed by atoms with Gasteiger partial charge < -0.3 is 10.1 Å². The van der Waals surface area contributed by atoms with Gasteiger partial charge in [0.2, 0.25) is 0 Å². The molecule has 0 aliphatic heterocycles. The van der Waals surface area contributed by atoms with Crippen LogP contribution >= 0.6 is 0 Å². The number of aryl methyl sites for hydroxylation is 1. The normalized spacial score (nSPS) is 19.9. The second kappa shape index (κ2) is 7.29. The summed E-state index contributed by atoms with van der Waals surface area (Å²) >= 11 is 0. The number of carbonyl (C=O) groups is 1. The molecule has 2 aromatic rings. The number of nitrogens with one attached hydrogen (secondary N) is 1. The molecule has 0 saturated heterocycles. The number of nitrogens with zero attached hydrogens (tertiary/aromatic N) is 2. The minimum Gasteiger partial charge on any atom is -0.488 e. The number of rotatable bonds is 5. The number of carbonyl (C=O) groups excluding carboxylic acids is 1. The van der Waals surface area contributed by atoms with Crippen molar-refractivity contribution in [3.8, 4) is 5.75 Å². The number of aromatic nitrogens is 2. The van der Waals surface area contributed by atoms with E-state index in [0.29, 0.717) is 6.54 Å². The van der Waals surface area contributed by atoms with Crippen LogP contribution in [0, 0.1) is 0 Å². The van der Waals surface area contributed by atoms with Gasteiger partial charge in [-0.25, -0.2) is 4.68 Å². The van der Waals surface area contributed by atoms with Gasteiger partial charge in [0.25, 0.3) is 11.5 Å². The summed E-state index contributed by atoms with van der Waals surface area (Å²) in [5.74, 6) is 0.534. The third-order valence-electron chi connectivity index (χ3n) is 4.20. The number of amides is 1. The molecule has 2 unspecified atom stereocenters. The molecule has 0 spiro atoms. The number of hydrogen-bond donors (Lipinski definition) is 1. The highest BCUT2D eigenvalue weighted by atomic mass is 16.5. The predicted octanol–water partition coefficient (Wildman–Crippen LogP) is 1.99. The van der Waals surface area contributed by atoms with E-state index in [9.17, 15) is 9.59 Å². The van der Waals surface area contributed by atoms with Crippen LogP contribution in [0.1, 0.15) is 36.7 Å². The van der Waals surface area contributed by atoms with Crippen molar-refractivity contribution < 1.29 is 9.53 Å². The molecule has 0 radical (unpaired) electrons. The maximum atomic E-state index is 12.4. The lowest BCUT2D eigenvalue weighted by atomic mass is 10.2. The van der Waals surface area contributed by atoms with Crippen LogP contribution in [-0.4, -0.2) is 27.8 Å². The molecule has 6 nitrogen and oxygen atoms in total. The van der Waals surface area contributed by atoms with Crippen molar-refractivity contribution in [2.75, 3.05) is 0 Å². The van der Waals surface area contributed by atoms with Crippen LogP contribution in [0.15, 0.2) is 47.3 Å². The van der Waals surface area contributed by atoms with Crippen molar-refractivity contribution in [1.82, 2.24) is 15.1 Å². The Morgan fingerprint density at radius 3 is 2.79 bits per heavy atom. The molecule has 1 amide bonds. The largest absolute Gasteiger partial charge is 0.488 e.